The molecule has 0 fully saturated rings. The Kier molecular flexibility index (Phi) is 5.26. The third kappa shape index (κ3) is 3.84. The van der Waals surface area contributed by atoms with E-state index in [4.69, 9.17) is 4.74 Å². The zero-order valence-corrected chi connectivity index (χ0v) is 15.9. The van der Waals surface area contributed by atoms with Crippen molar-refractivity contribution in [1.82, 2.24) is 4.57 Å². The van der Waals surface area contributed by atoms with E-state index in [-0.39, 0.29) is 18.0 Å². The highest BCUT2D eigenvalue weighted by atomic mass is 16.5. The van der Waals surface area contributed by atoms with Crippen LogP contribution < -0.4 is 4.74 Å². The Labute approximate surface area is 158 Å². The number of amides is 1. The zero-order valence-electron chi connectivity index (χ0n) is 15.9. The average molecular weight is 365 g/mol. The molecule has 3 rings (SSSR count). The molecule has 0 atom stereocenters. The monoisotopic (exact) mass is 365 g/mol. The molecule has 3 aromatic rings. The number of hydrogen-bond acceptors (Lipinski definition) is 4. The molecule has 140 valence electrons. The van der Waals surface area contributed by atoms with Crippen molar-refractivity contribution in [1.29, 1.82) is 0 Å². The molecule has 0 saturated carbocycles. The summed E-state index contributed by atoms with van der Waals surface area (Å²) in [5, 5.41) is 19.2. The van der Waals surface area contributed by atoms with Gasteiger partial charge < -0.3 is 14.4 Å². The molecule has 1 N–H and O–H groups in total. The Bertz CT molecular complexity index is 986. The number of hydrogen-bond donors (Lipinski definition) is 1. The second-order valence-electron chi connectivity index (χ2n) is 6.85. The van der Waals surface area contributed by atoms with E-state index in [9.17, 15) is 9.90 Å². The summed E-state index contributed by atoms with van der Waals surface area (Å²) in [6, 6.07) is 14.3. The van der Waals surface area contributed by atoms with Crippen LogP contribution in [0.15, 0.2) is 58.8 Å². The minimum atomic E-state index is -0.480. The molecule has 2 aromatic carbocycles. The molecule has 1 heterocycles. The summed E-state index contributed by atoms with van der Waals surface area (Å²) in [6.07, 6.45) is 0.0625. The van der Waals surface area contributed by atoms with Crippen molar-refractivity contribution < 1.29 is 14.6 Å². The summed E-state index contributed by atoms with van der Waals surface area (Å²) >= 11 is 0. The van der Waals surface area contributed by atoms with Crippen molar-refractivity contribution in [3.8, 4) is 11.6 Å². The molecule has 1 aromatic heterocycles. The van der Waals surface area contributed by atoms with E-state index in [1.54, 1.807) is 28.8 Å². The molecule has 0 saturated heterocycles. The molecule has 0 aliphatic heterocycles. The van der Waals surface area contributed by atoms with Crippen molar-refractivity contribution in [3.05, 3.63) is 54.1 Å². The number of aromatic nitrogens is 1. The Morgan fingerprint density at radius 2 is 1.70 bits per heavy atom. The minimum Gasteiger partial charge on any atom is -0.493 e. The van der Waals surface area contributed by atoms with Crippen molar-refractivity contribution >= 4 is 22.5 Å². The fraction of sp³-hybridized carbons (Fsp3) is 0.286. The first-order valence-corrected chi connectivity index (χ1v) is 8.93. The molecular formula is C21H23N3O3. The highest BCUT2D eigenvalue weighted by Gasteiger charge is 2.18. The van der Waals surface area contributed by atoms with E-state index in [0.29, 0.717) is 17.0 Å². The Morgan fingerprint density at radius 1 is 1.04 bits per heavy atom. The smallest absolute Gasteiger partial charge is 0.295 e. The van der Waals surface area contributed by atoms with Crippen molar-refractivity contribution in [3.63, 3.8) is 0 Å². The van der Waals surface area contributed by atoms with E-state index in [1.807, 2.05) is 52.0 Å². The lowest BCUT2D eigenvalue weighted by atomic mass is 10.2. The minimum absolute atomic E-state index is 0.00318. The molecule has 6 nitrogen and oxygen atoms in total. The molecule has 27 heavy (non-hydrogen) atoms. The lowest BCUT2D eigenvalue weighted by Crippen LogP contribution is -2.05. The number of fused-ring (bicyclic) bond motifs is 1. The third-order valence-corrected chi connectivity index (χ3v) is 4.09. The van der Waals surface area contributed by atoms with Gasteiger partial charge in [0.1, 0.15) is 5.75 Å². The highest BCUT2D eigenvalue weighted by Crippen LogP contribution is 2.40. The number of ether oxygens (including phenoxy) is 1. The Hall–Kier alpha value is -3.15. The standard InChI is InChI=1S/C21H23N3O3/c1-13(2)24-18-8-6-5-7-17(18)19(21(24)26)22-23-20(25)15-9-11-16(12-10-15)27-14(3)4/h5-14,26H,1-4H3. The Morgan fingerprint density at radius 3 is 2.33 bits per heavy atom. The van der Waals surface area contributed by atoms with Crippen LogP contribution in [0, 0.1) is 0 Å². The number of rotatable bonds is 5. The fourth-order valence-electron chi connectivity index (χ4n) is 2.96. The first-order valence-electron chi connectivity index (χ1n) is 8.93. The van der Waals surface area contributed by atoms with Crippen LogP contribution in [0.3, 0.4) is 0 Å². The quantitative estimate of drug-likeness (QED) is 0.595. The number of azo groups is 1. The summed E-state index contributed by atoms with van der Waals surface area (Å²) in [6.45, 7) is 7.82. The van der Waals surface area contributed by atoms with E-state index in [2.05, 4.69) is 10.2 Å². The molecule has 6 heteroatoms. The number of nitrogens with zero attached hydrogens (tertiary/aromatic N) is 3. The van der Waals surface area contributed by atoms with Crippen molar-refractivity contribution in [2.75, 3.05) is 0 Å². The Balaban J connectivity index is 1.90. The maximum Gasteiger partial charge on any atom is 0.295 e. The first-order chi connectivity index (χ1) is 12.9. The van der Waals surface area contributed by atoms with Gasteiger partial charge in [0.25, 0.3) is 5.91 Å². The maximum atomic E-state index is 12.3. The number of carbonyl (C=O) groups excluding carboxylic acids is 1. The van der Waals surface area contributed by atoms with Crippen molar-refractivity contribution in [2.24, 2.45) is 10.2 Å². The topological polar surface area (TPSA) is 76.2 Å². The van der Waals surface area contributed by atoms with Crippen LogP contribution >= 0.6 is 0 Å². The van der Waals surface area contributed by atoms with Crippen LogP contribution in [0.5, 0.6) is 11.6 Å². The van der Waals surface area contributed by atoms with E-state index < -0.39 is 5.91 Å². The lowest BCUT2D eigenvalue weighted by molar-refractivity contribution is 0.0995. The average Bonchev–Trinajstić information content (AvgIpc) is 2.91. The van der Waals surface area contributed by atoms with E-state index >= 15 is 0 Å². The van der Waals surface area contributed by atoms with Gasteiger partial charge in [0.2, 0.25) is 5.88 Å². The highest BCUT2D eigenvalue weighted by molar-refractivity contribution is 5.97. The summed E-state index contributed by atoms with van der Waals surface area (Å²) in [5.74, 6) is 0.214. The van der Waals surface area contributed by atoms with Crippen LogP contribution in [-0.4, -0.2) is 21.7 Å². The molecule has 0 aliphatic carbocycles. The number of para-hydroxylation sites is 1. The van der Waals surface area contributed by atoms with Gasteiger partial charge in [-0.25, -0.2) is 0 Å². The molecule has 0 bridgehead atoms. The summed E-state index contributed by atoms with van der Waals surface area (Å²) < 4.78 is 7.34. The summed E-state index contributed by atoms with van der Waals surface area (Å²) in [7, 11) is 0. The van der Waals surface area contributed by atoms with Crippen LogP contribution in [0.2, 0.25) is 0 Å². The molecule has 0 aliphatic rings. The second-order valence-corrected chi connectivity index (χ2v) is 6.85. The first kappa shape index (κ1) is 18.6. The van der Waals surface area contributed by atoms with Crippen LogP contribution in [0.4, 0.5) is 5.69 Å². The van der Waals surface area contributed by atoms with Gasteiger partial charge in [-0.2, -0.15) is 0 Å². The molecule has 0 spiro atoms. The van der Waals surface area contributed by atoms with E-state index in [0.717, 1.165) is 10.9 Å². The van der Waals surface area contributed by atoms with Crippen LogP contribution in [0.25, 0.3) is 10.9 Å². The van der Waals surface area contributed by atoms with E-state index in [1.165, 1.54) is 0 Å². The molecule has 0 unspecified atom stereocenters. The predicted molar refractivity (Wildman–Crippen MR) is 105 cm³/mol. The van der Waals surface area contributed by atoms with Crippen LogP contribution in [-0.2, 0) is 0 Å². The summed E-state index contributed by atoms with van der Waals surface area (Å²) in [5.41, 5.74) is 1.55. The zero-order chi connectivity index (χ0) is 19.6. The van der Waals surface area contributed by atoms with Gasteiger partial charge in [0.05, 0.1) is 11.6 Å². The number of aromatic hydroxyl groups is 1. The predicted octanol–water partition coefficient (Wildman–Crippen LogP) is 5.64. The van der Waals surface area contributed by atoms with Gasteiger partial charge in [-0.15, -0.1) is 10.2 Å². The van der Waals surface area contributed by atoms with Gasteiger partial charge >= 0.3 is 0 Å². The molecule has 0 radical (unpaired) electrons. The second kappa shape index (κ2) is 7.61. The van der Waals surface area contributed by atoms with Crippen molar-refractivity contribution in [2.45, 2.75) is 39.8 Å². The maximum absolute atomic E-state index is 12.3. The van der Waals surface area contributed by atoms with Gasteiger partial charge in [0, 0.05) is 17.0 Å². The normalized spacial score (nSPS) is 11.8. The van der Waals surface area contributed by atoms with Gasteiger partial charge in [-0.1, -0.05) is 18.2 Å². The van der Waals surface area contributed by atoms with Gasteiger partial charge in [0.15, 0.2) is 5.69 Å². The number of carbonyl (C=O) groups is 1. The SMILES string of the molecule is CC(C)Oc1ccc(C(=O)N=Nc2c(O)n(C(C)C)c3ccccc23)cc1. The van der Waals surface area contributed by atoms with Crippen LogP contribution in [0.1, 0.15) is 44.1 Å². The number of benzene rings is 2. The molecule has 1 amide bonds. The third-order valence-electron chi connectivity index (χ3n) is 4.09. The largest absolute Gasteiger partial charge is 0.493 e. The van der Waals surface area contributed by atoms with Gasteiger partial charge in [-0.3, -0.25) is 4.79 Å². The lowest BCUT2D eigenvalue weighted by Gasteiger charge is -2.10. The fourth-order valence-corrected chi connectivity index (χ4v) is 2.96. The molecular weight excluding hydrogens is 342 g/mol. The van der Waals surface area contributed by atoms with Gasteiger partial charge in [-0.05, 0) is 58.0 Å². The summed E-state index contributed by atoms with van der Waals surface area (Å²) in [4.78, 5) is 12.3.